The number of benzene rings is 1. The van der Waals surface area contributed by atoms with Gasteiger partial charge in [0, 0.05) is 29.7 Å². The van der Waals surface area contributed by atoms with Crippen LogP contribution in [0.5, 0.6) is 0 Å². The molecule has 0 bridgehead atoms. The lowest BCUT2D eigenvalue weighted by Crippen LogP contribution is -2.47. The van der Waals surface area contributed by atoms with E-state index in [-0.39, 0.29) is 17.7 Å². The highest BCUT2D eigenvalue weighted by molar-refractivity contribution is 6.30. The van der Waals surface area contributed by atoms with E-state index in [1.54, 1.807) is 24.3 Å². The van der Waals surface area contributed by atoms with Crippen molar-refractivity contribution >= 4 is 23.4 Å². The van der Waals surface area contributed by atoms with E-state index in [0.717, 1.165) is 25.7 Å². The van der Waals surface area contributed by atoms with Crippen LogP contribution in [0.4, 0.5) is 0 Å². The monoisotopic (exact) mass is 376 g/mol. The Morgan fingerprint density at radius 3 is 2.27 bits per heavy atom. The fourth-order valence-corrected chi connectivity index (χ4v) is 4.20. The van der Waals surface area contributed by atoms with E-state index in [0.29, 0.717) is 29.7 Å². The Bertz CT molecular complexity index is 609. The molecule has 1 aromatic rings. The number of carbonyl (C=O) groups excluding carboxylic acids is 2. The number of likely N-dealkylation sites (tertiary alicyclic amines) is 1. The van der Waals surface area contributed by atoms with E-state index in [1.165, 1.54) is 32.1 Å². The maximum atomic E-state index is 12.7. The van der Waals surface area contributed by atoms with Gasteiger partial charge in [0.2, 0.25) is 5.91 Å². The van der Waals surface area contributed by atoms with Gasteiger partial charge in [-0.25, -0.2) is 0 Å². The Morgan fingerprint density at radius 1 is 0.923 bits per heavy atom. The first-order valence-corrected chi connectivity index (χ1v) is 10.4. The molecule has 3 rings (SSSR count). The van der Waals surface area contributed by atoms with Gasteiger partial charge in [0.15, 0.2) is 0 Å². The lowest BCUT2D eigenvalue weighted by Gasteiger charge is -2.33. The van der Waals surface area contributed by atoms with Gasteiger partial charge in [0.25, 0.3) is 5.91 Å². The predicted molar refractivity (Wildman–Crippen MR) is 104 cm³/mol. The number of amides is 2. The van der Waals surface area contributed by atoms with Crippen molar-refractivity contribution in [1.29, 1.82) is 0 Å². The second-order valence-corrected chi connectivity index (χ2v) is 8.08. The zero-order valence-electron chi connectivity index (χ0n) is 15.4. The zero-order valence-corrected chi connectivity index (χ0v) is 16.1. The zero-order chi connectivity index (χ0) is 18.4. The molecule has 1 atom stereocenters. The third-order valence-corrected chi connectivity index (χ3v) is 5.87. The summed E-state index contributed by atoms with van der Waals surface area (Å²) in [5, 5.41) is 3.89. The van der Waals surface area contributed by atoms with Gasteiger partial charge in [-0.3, -0.25) is 9.59 Å². The van der Waals surface area contributed by atoms with Crippen molar-refractivity contribution in [2.24, 2.45) is 5.92 Å². The van der Waals surface area contributed by atoms with Crippen LogP contribution in [0.1, 0.15) is 68.1 Å². The van der Waals surface area contributed by atoms with E-state index in [4.69, 9.17) is 11.6 Å². The molecule has 1 aliphatic heterocycles. The summed E-state index contributed by atoms with van der Waals surface area (Å²) < 4.78 is 0. The van der Waals surface area contributed by atoms with E-state index < -0.39 is 0 Å². The van der Waals surface area contributed by atoms with Crippen molar-refractivity contribution < 1.29 is 9.59 Å². The first kappa shape index (κ1) is 19.2. The number of rotatable bonds is 3. The molecule has 2 amide bonds. The molecule has 1 aromatic carbocycles. The molecule has 0 aromatic heterocycles. The molecule has 0 radical (unpaired) electrons. The van der Waals surface area contributed by atoms with Gasteiger partial charge in [-0.05, 0) is 49.9 Å². The minimum absolute atomic E-state index is 0.00915. The molecule has 4 nitrogen and oxygen atoms in total. The molecule has 1 unspecified atom stereocenters. The van der Waals surface area contributed by atoms with Gasteiger partial charge >= 0.3 is 0 Å². The highest BCUT2D eigenvalue weighted by Crippen LogP contribution is 2.22. The average Bonchev–Trinajstić information content (AvgIpc) is 2.64. The molecule has 1 saturated heterocycles. The summed E-state index contributed by atoms with van der Waals surface area (Å²) >= 11 is 5.90. The third kappa shape index (κ3) is 5.23. The minimum atomic E-state index is -0.0922. The van der Waals surface area contributed by atoms with Crippen LogP contribution in [0, 0.1) is 5.92 Å². The van der Waals surface area contributed by atoms with Crippen molar-refractivity contribution in [2.75, 3.05) is 13.1 Å². The summed E-state index contributed by atoms with van der Waals surface area (Å²) in [6, 6.07) is 7.28. The number of hydrogen-bond acceptors (Lipinski definition) is 2. The van der Waals surface area contributed by atoms with Crippen molar-refractivity contribution in [3.05, 3.63) is 34.9 Å². The molecule has 1 heterocycles. The number of hydrogen-bond donors (Lipinski definition) is 1. The molecule has 2 aliphatic rings. The molecule has 1 aliphatic carbocycles. The van der Waals surface area contributed by atoms with Gasteiger partial charge in [-0.2, -0.15) is 0 Å². The van der Waals surface area contributed by atoms with Crippen molar-refractivity contribution in [3.8, 4) is 0 Å². The normalized spacial score (nSPS) is 22.3. The van der Waals surface area contributed by atoms with Crippen LogP contribution in [0.15, 0.2) is 24.3 Å². The van der Waals surface area contributed by atoms with Crippen molar-refractivity contribution in [2.45, 2.75) is 63.8 Å². The van der Waals surface area contributed by atoms with Gasteiger partial charge in [-0.15, -0.1) is 0 Å². The first-order chi connectivity index (χ1) is 12.6. The molecule has 142 valence electrons. The quantitative estimate of drug-likeness (QED) is 0.848. The fourth-order valence-electron chi connectivity index (χ4n) is 4.07. The van der Waals surface area contributed by atoms with Crippen LogP contribution in [0.3, 0.4) is 0 Å². The molecular weight excluding hydrogens is 348 g/mol. The van der Waals surface area contributed by atoms with E-state index in [1.807, 2.05) is 4.90 Å². The Balaban J connectivity index is 1.55. The molecule has 26 heavy (non-hydrogen) atoms. The number of nitrogens with zero attached hydrogens (tertiary/aromatic N) is 1. The van der Waals surface area contributed by atoms with E-state index >= 15 is 0 Å². The molecule has 2 fully saturated rings. The average molecular weight is 377 g/mol. The topological polar surface area (TPSA) is 49.4 Å². The van der Waals surface area contributed by atoms with Crippen LogP contribution in [0.25, 0.3) is 0 Å². The Kier molecular flexibility index (Phi) is 6.95. The number of nitrogens with one attached hydrogen (secondary N) is 1. The molecule has 1 N–H and O–H groups in total. The van der Waals surface area contributed by atoms with Crippen molar-refractivity contribution in [1.82, 2.24) is 10.2 Å². The van der Waals surface area contributed by atoms with Gasteiger partial charge in [0.1, 0.15) is 0 Å². The predicted octanol–water partition coefficient (Wildman–Crippen LogP) is 4.42. The molecule has 1 saturated carbocycles. The number of halogens is 1. The highest BCUT2D eigenvalue weighted by atomic mass is 35.5. The smallest absolute Gasteiger partial charge is 0.253 e. The standard InChI is InChI=1S/C21H29ClN2O2/c22-18-12-10-16(11-13-18)21(26)24-14-6-7-17(15-24)20(25)23-19-8-4-2-1-3-5-9-19/h10-13,17,19H,1-9,14-15H2,(H,23,25). The van der Waals surface area contributed by atoms with Crippen LogP contribution in [0.2, 0.25) is 5.02 Å². The summed E-state index contributed by atoms with van der Waals surface area (Å²) in [6.07, 6.45) is 10.2. The first-order valence-electron chi connectivity index (χ1n) is 9.99. The third-order valence-electron chi connectivity index (χ3n) is 5.62. The lowest BCUT2D eigenvalue weighted by molar-refractivity contribution is -0.127. The van der Waals surface area contributed by atoms with Crippen LogP contribution >= 0.6 is 11.6 Å². The van der Waals surface area contributed by atoms with Gasteiger partial charge < -0.3 is 10.2 Å². The number of carbonyl (C=O) groups is 2. The minimum Gasteiger partial charge on any atom is -0.353 e. The van der Waals surface area contributed by atoms with E-state index in [2.05, 4.69) is 5.32 Å². The molecule has 5 heteroatoms. The second kappa shape index (κ2) is 9.40. The number of piperidine rings is 1. The van der Waals surface area contributed by atoms with Crippen LogP contribution in [-0.2, 0) is 4.79 Å². The fraction of sp³-hybridized carbons (Fsp3) is 0.619. The molecule has 0 spiro atoms. The van der Waals surface area contributed by atoms with Crippen LogP contribution < -0.4 is 5.32 Å². The van der Waals surface area contributed by atoms with Crippen LogP contribution in [-0.4, -0.2) is 35.8 Å². The summed E-state index contributed by atoms with van der Waals surface area (Å²) in [5.74, 6) is 0.0275. The van der Waals surface area contributed by atoms with Gasteiger partial charge in [0.05, 0.1) is 5.92 Å². The largest absolute Gasteiger partial charge is 0.353 e. The Morgan fingerprint density at radius 2 is 1.58 bits per heavy atom. The van der Waals surface area contributed by atoms with Crippen molar-refractivity contribution in [3.63, 3.8) is 0 Å². The summed E-state index contributed by atoms with van der Waals surface area (Å²) in [7, 11) is 0. The molecular formula is C21H29ClN2O2. The highest BCUT2D eigenvalue weighted by Gasteiger charge is 2.30. The Hall–Kier alpha value is -1.55. The second-order valence-electron chi connectivity index (χ2n) is 7.65. The Labute approximate surface area is 161 Å². The maximum Gasteiger partial charge on any atom is 0.253 e. The maximum absolute atomic E-state index is 12.7. The SMILES string of the molecule is O=C(NC1CCCCCCC1)C1CCCN(C(=O)c2ccc(Cl)cc2)C1. The van der Waals surface area contributed by atoms with E-state index in [9.17, 15) is 9.59 Å². The summed E-state index contributed by atoms with van der Waals surface area (Å²) in [6.45, 7) is 1.23. The summed E-state index contributed by atoms with van der Waals surface area (Å²) in [4.78, 5) is 27.3. The van der Waals surface area contributed by atoms with Gasteiger partial charge in [-0.1, -0.05) is 43.7 Å². The summed E-state index contributed by atoms with van der Waals surface area (Å²) in [5.41, 5.74) is 0.635. The lowest BCUT2D eigenvalue weighted by atomic mass is 9.93.